The first-order valence-electron chi connectivity index (χ1n) is 9.99. The molecule has 0 atom stereocenters. The molecule has 5 rings (SSSR count). The van der Waals surface area contributed by atoms with Gasteiger partial charge in [-0.1, -0.05) is 72.8 Å². The highest BCUT2D eigenvalue weighted by Crippen LogP contribution is 2.43. The number of benzene rings is 3. The number of nitrogens with zero attached hydrogens (tertiary/aromatic N) is 1. The van der Waals surface area contributed by atoms with E-state index in [1.165, 1.54) is 11.1 Å². The molecule has 30 heavy (non-hydrogen) atoms. The number of amides is 2. The molecule has 4 aromatic rings. The molecule has 0 radical (unpaired) electrons. The summed E-state index contributed by atoms with van der Waals surface area (Å²) in [6.45, 7) is 2.04. The summed E-state index contributed by atoms with van der Waals surface area (Å²) in [6, 6.07) is 27.7. The van der Waals surface area contributed by atoms with E-state index in [2.05, 4.69) is 39.9 Å². The predicted octanol–water partition coefficient (Wildman–Crippen LogP) is 5.95. The summed E-state index contributed by atoms with van der Waals surface area (Å²) in [6.07, 6.45) is 1.74. The van der Waals surface area contributed by atoms with Crippen LogP contribution < -0.4 is 10.6 Å². The standard InChI is InChI=1S/C26H21N3O/c1-17-9-2-3-10-18(17)25-23(15-8-16-27-25)28-26(30)29-24-21-13-6-4-11-19(21)20-12-5-7-14-22(20)24/h2-16,24H,1H3,(H2,28,29,30). The summed E-state index contributed by atoms with van der Waals surface area (Å²) < 4.78 is 0. The minimum atomic E-state index is -0.255. The lowest BCUT2D eigenvalue weighted by molar-refractivity contribution is 0.250. The maximum atomic E-state index is 13.0. The molecule has 3 aromatic carbocycles. The number of hydrogen-bond donors (Lipinski definition) is 2. The van der Waals surface area contributed by atoms with Gasteiger partial charge in [0, 0.05) is 11.8 Å². The molecular formula is C26H21N3O. The third kappa shape index (κ3) is 3.12. The average Bonchev–Trinajstić information content (AvgIpc) is 3.09. The molecule has 0 bridgehead atoms. The fourth-order valence-electron chi connectivity index (χ4n) is 4.16. The molecule has 0 spiro atoms. The summed E-state index contributed by atoms with van der Waals surface area (Å²) in [5.41, 5.74) is 8.11. The lowest BCUT2D eigenvalue weighted by atomic mass is 10.0. The van der Waals surface area contributed by atoms with Crippen molar-refractivity contribution in [2.45, 2.75) is 13.0 Å². The van der Waals surface area contributed by atoms with Gasteiger partial charge in [-0.25, -0.2) is 4.79 Å². The zero-order chi connectivity index (χ0) is 20.5. The second kappa shape index (κ2) is 7.48. The Morgan fingerprint density at radius 1 is 0.767 bits per heavy atom. The van der Waals surface area contributed by atoms with Crippen LogP contribution >= 0.6 is 0 Å². The molecule has 0 fully saturated rings. The maximum Gasteiger partial charge on any atom is 0.320 e. The molecule has 0 unspecified atom stereocenters. The van der Waals surface area contributed by atoms with Gasteiger partial charge in [-0.2, -0.15) is 0 Å². The van der Waals surface area contributed by atoms with E-state index in [-0.39, 0.29) is 12.1 Å². The number of anilines is 1. The van der Waals surface area contributed by atoms with Gasteiger partial charge in [-0.15, -0.1) is 0 Å². The van der Waals surface area contributed by atoms with E-state index in [1.807, 2.05) is 67.6 Å². The van der Waals surface area contributed by atoms with Crippen molar-refractivity contribution in [2.24, 2.45) is 0 Å². The number of hydrogen-bond acceptors (Lipinski definition) is 2. The van der Waals surface area contributed by atoms with Gasteiger partial charge in [-0.05, 0) is 46.9 Å². The zero-order valence-corrected chi connectivity index (χ0v) is 16.6. The molecule has 0 saturated carbocycles. The average molecular weight is 391 g/mol. The van der Waals surface area contributed by atoms with E-state index in [1.54, 1.807) is 6.20 Å². The number of carbonyl (C=O) groups is 1. The van der Waals surface area contributed by atoms with Gasteiger partial charge < -0.3 is 10.6 Å². The molecule has 1 aliphatic carbocycles. The first-order chi connectivity index (χ1) is 14.7. The summed E-state index contributed by atoms with van der Waals surface area (Å²) in [4.78, 5) is 17.5. The van der Waals surface area contributed by atoms with Crippen molar-refractivity contribution in [2.75, 3.05) is 5.32 Å². The minimum absolute atomic E-state index is 0.184. The molecule has 1 aromatic heterocycles. The van der Waals surface area contributed by atoms with Gasteiger partial charge in [0.15, 0.2) is 0 Å². The van der Waals surface area contributed by atoms with Crippen LogP contribution in [-0.4, -0.2) is 11.0 Å². The van der Waals surface area contributed by atoms with E-state index in [0.717, 1.165) is 27.9 Å². The van der Waals surface area contributed by atoms with Crippen LogP contribution in [0.25, 0.3) is 22.4 Å². The van der Waals surface area contributed by atoms with Gasteiger partial charge in [0.2, 0.25) is 0 Å². The second-order valence-electron chi connectivity index (χ2n) is 7.42. The van der Waals surface area contributed by atoms with Gasteiger partial charge in [0.25, 0.3) is 0 Å². The summed E-state index contributed by atoms with van der Waals surface area (Å²) in [5.74, 6) is 0. The van der Waals surface area contributed by atoms with E-state index in [9.17, 15) is 4.79 Å². The van der Waals surface area contributed by atoms with Crippen molar-refractivity contribution in [3.63, 3.8) is 0 Å². The topological polar surface area (TPSA) is 54.0 Å². The van der Waals surface area contributed by atoms with Crippen molar-refractivity contribution >= 4 is 11.7 Å². The third-order valence-electron chi connectivity index (χ3n) is 5.57. The van der Waals surface area contributed by atoms with E-state index in [0.29, 0.717) is 5.69 Å². The summed E-state index contributed by atoms with van der Waals surface area (Å²) in [5, 5.41) is 6.17. The van der Waals surface area contributed by atoms with Crippen LogP contribution in [0, 0.1) is 6.92 Å². The fourth-order valence-corrected chi connectivity index (χ4v) is 4.16. The fraction of sp³-hybridized carbons (Fsp3) is 0.0769. The van der Waals surface area contributed by atoms with Crippen LogP contribution in [0.1, 0.15) is 22.7 Å². The largest absolute Gasteiger partial charge is 0.327 e. The Labute approximate surface area is 175 Å². The van der Waals surface area contributed by atoms with E-state index < -0.39 is 0 Å². The molecule has 2 amide bonds. The Hall–Kier alpha value is -3.92. The molecule has 4 nitrogen and oxygen atoms in total. The number of carbonyl (C=O) groups excluding carboxylic acids is 1. The highest BCUT2D eigenvalue weighted by atomic mass is 16.2. The van der Waals surface area contributed by atoms with Crippen LogP contribution in [0.2, 0.25) is 0 Å². The van der Waals surface area contributed by atoms with Crippen molar-refractivity contribution in [3.8, 4) is 22.4 Å². The molecule has 1 aliphatic rings. The lowest BCUT2D eigenvalue weighted by Crippen LogP contribution is -2.32. The number of urea groups is 1. The molecule has 2 N–H and O–H groups in total. The van der Waals surface area contributed by atoms with Crippen molar-refractivity contribution < 1.29 is 4.79 Å². The number of rotatable bonds is 3. The SMILES string of the molecule is Cc1ccccc1-c1ncccc1NC(=O)NC1c2ccccc2-c2ccccc21. The second-order valence-corrected chi connectivity index (χ2v) is 7.42. The molecule has 146 valence electrons. The van der Waals surface area contributed by atoms with Gasteiger partial charge >= 0.3 is 6.03 Å². The highest BCUT2D eigenvalue weighted by Gasteiger charge is 2.29. The van der Waals surface area contributed by atoms with E-state index >= 15 is 0 Å². The first-order valence-corrected chi connectivity index (χ1v) is 9.99. The minimum Gasteiger partial charge on any atom is -0.327 e. The Bertz CT molecular complexity index is 1200. The number of fused-ring (bicyclic) bond motifs is 3. The first kappa shape index (κ1) is 18.1. The Morgan fingerprint density at radius 3 is 2.03 bits per heavy atom. The van der Waals surface area contributed by atoms with Crippen LogP contribution in [0.3, 0.4) is 0 Å². The van der Waals surface area contributed by atoms with Gasteiger partial charge in [0.05, 0.1) is 17.4 Å². The molecular weight excluding hydrogens is 370 g/mol. The number of pyridine rings is 1. The Morgan fingerprint density at radius 2 is 1.37 bits per heavy atom. The quantitative estimate of drug-likeness (QED) is 0.453. The van der Waals surface area contributed by atoms with Crippen LogP contribution in [0.15, 0.2) is 91.1 Å². The van der Waals surface area contributed by atoms with Gasteiger partial charge in [-0.3, -0.25) is 4.98 Å². The monoisotopic (exact) mass is 391 g/mol. The normalized spacial score (nSPS) is 12.2. The lowest BCUT2D eigenvalue weighted by Gasteiger charge is -2.18. The zero-order valence-electron chi connectivity index (χ0n) is 16.6. The van der Waals surface area contributed by atoms with Crippen LogP contribution in [0.4, 0.5) is 10.5 Å². The Balaban J connectivity index is 1.44. The highest BCUT2D eigenvalue weighted by molar-refractivity contribution is 5.95. The number of aromatic nitrogens is 1. The van der Waals surface area contributed by atoms with Crippen molar-refractivity contribution in [1.82, 2.24) is 10.3 Å². The van der Waals surface area contributed by atoms with E-state index in [4.69, 9.17) is 0 Å². The maximum absolute atomic E-state index is 13.0. The summed E-state index contributed by atoms with van der Waals surface area (Å²) >= 11 is 0. The molecule has 0 saturated heterocycles. The van der Waals surface area contributed by atoms with Crippen LogP contribution in [-0.2, 0) is 0 Å². The molecule has 4 heteroatoms. The molecule has 0 aliphatic heterocycles. The Kier molecular flexibility index (Phi) is 4.52. The third-order valence-corrected chi connectivity index (χ3v) is 5.57. The van der Waals surface area contributed by atoms with Gasteiger partial charge in [0.1, 0.15) is 0 Å². The molecule has 1 heterocycles. The smallest absolute Gasteiger partial charge is 0.320 e. The number of aryl methyl sites for hydroxylation is 1. The van der Waals surface area contributed by atoms with Crippen molar-refractivity contribution in [3.05, 3.63) is 108 Å². The number of nitrogens with one attached hydrogen (secondary N) is 2. The summed E-state index contributed by atoms with van der Waals surface area (Å²) in [7, 11) is 0. The van der Waals surface area contributed by atoms with Crippen LogP contribution in [0.5, 0.6) is 0 Å². The van der Waals surface area contributed by atoms with Crippen molar-refractivity contribution in [1.29, 1.82) is 0 Å². The predicted molar refractivity (Wildman–Crippen MR) is 120 cm³/mol.